The molecule has 1 aliphatic carbocycles. The molecule has 6 nitrogen and oxygen atoms in total. The molecule has 1 saturated heterocycles. The largest absolute Gasteiger partial charge is 0.383 e. The maximum atomic E-state index is 12.5. The zero-order valence-corrected chi connectivity index (χ0v) is 14.1. The Morgan fingerprint density at radius 2 is 1.96 bits per heavy atom. The third kappa shape index (κ3) is 4.13. The first-order chi connectivity index (χ1) is 11.6. The SMILES string of the molecule is C[C@@H](N=C(N)/C=N\Nc1ccccc1)C(=O)N1CCC2(CC1)CC2.[HH]. The summed E-state index contributed by atoms with van der Waals surface area (Å²) >= 11 is 0. The quantitative estimate of drug-likeness (QED) is 0.494. The summed E-state index contributed by atoms with van der Waals surface area (Å²) in [4.78, 5) is 18.6. The summed E-state index contributed by atoms with van der Waals surface area (Å²) in [6, 6.07) is 9.10. The van der Waals surface area contributed by atoms with Crippen molar-refractivity contribution < 1.29 is 6.22 Å². The second kappa shape index (κ2) is 7.03. The second-order valence-electron chi connectivity index (χ2n) is 6.79. The van der Waals surface area contributed by atoms with Gasteiger partial charge in [0, 0.05) is 14.5 Å². The normalized spacial score (nSPS) is 21.0. The van der Waals surface area contributed by atoms with E-state index in [1.807, 2.05) is 35.2 Å². The molecule has 0 unspecified atom stereocenters. The first kappa shape index (κ1) is 16.5. The number of hydrogen-bond acceptors (Lipinski definition) is 4. The van der Waals surface area contributed by atoms with Crippen LogP contribution in [0.5, 0.6) is 0 Å². The third-order valence-corrected chi connectivity index (χ3v) is 4.96. The molecule has 0 bridgehead atoms. The van der Waals surface area contributed by atoms with Crippen LogP contribution < -0.4 is 11.2 Å². The third-order valence-electron chi connectivity index (χ3n) is 4.96. The van der Waals surface area contributed by atoms with Crippen LogP contribution in [0.2, 0.25) is 0 Å². The zero-order chi connectivity index (χ0) is 17.0. The van der Waals surface area contributed by atoms with E-state index < -0.39 is 6.04 Å². The van der Waals surface area contributed by atoms with Crippen LogP contribution in [0.1, 0.15) is 34.0 Å². The van der Waals surface area contributed by atoms with Crippen molar-refractivity contribution in [1.29, 1.82) is 0 Å². The molecule has 1 heterocycles. The Hall–Kier alpha value is -2.37. The molecular formula is C18H27N5O. The van der Waals surface area contributed by atoms with Crippen molar-refractivity contribution in [2.24, 2.45) is 21.2 Å². The van der Waals surface area contributed by atoms with Gasteiger partial charge in [0.1, 0.15) is 11.9 Å². The molecule has 130 valence electrons. The van der Waals surface area contributed by atoms with Crippen molar-refractivity contribution >= 4 is 23.6 Å². The summed E-state index contributed by atoms with van der Waals surface area (Å²) in [5.74, 6) is 0.299. The number of aliphatic imine (C=N–C) groups is 1. The van der Waals surface area contributed by atoms with E-state index in [1.165, 1.54) is 19.1 Å². The van der Waals surface area contributed by atoms with E-state index in [4.69, 9.17) is 5.73 Å². The van der Waals surface area contributed by atoms with Crippen LogP contribution in [0.4, 0.5) is 5.69 Å². The highest BCUT2D eigenvalue weighted by atomic mass is 16.2. The Labute approximate surface area is 144 Å². The van der Waals surface area contributed by atoms with Crippen LogP contribution in [-0.4, -0.2) is 42.0 Å². The first-order valence-electron chi connectivity index (χ1n) is 8.54. The van der Waals surface area contributed by atoms with Gasteiger partial charge >= 0.3 is 0 Å². The standard InChI is InChI=1S/C18H25N5O.H2/c1-14(17(24)23-11-9-18(7-8-18)10-12-23)21-16(19)13-20-22-15-5-3-2-4-6-15;/h2-6,13-14,22H,7-12H2,1H3,(H2,19,21);1H/b20-13-;/t14-;/m1./s1. The van der Waals surface area contributed by atoms with E-state index in [0.29, 0.717) is 5.41 Å². The summed E-state index contributed by atoms with van der Waals surface area (Å²) in [5, 5.41) is 4.04. The van der Waals surface area contributed by atoms with Crippen molar-refractivity contribution in [2.75, 3.05) is 18.5 Å². The number of likely N-dealkylation sites (tertiary alicyclic amines) is 1. The lowest BCUT2D eigenvalue weighted by Gasteiger charge is -2.33. The summed E-state index contributed by atoms with van der Waals surface area (Å²) < 4.78 is 0. The molecule has 0 radical (unpaired) electrons. The molecule has 1 saturated carbocycles. The van der Waals surface area contributed by atoms with Gasteiger partial charge in [-0.05, 0) is 50.2 Å². The topological polar surface area (TPSA) is 83.1 Å². The Morgan fingerprint density at radius 3 is 2.58 bits per heavy atom. The van der Waals surface area contributed by atoms with Gasteiger partial charge in [-0.25, -0.2) is 0 Å². The van der Waals surface area contributed by atoms with Crippen molar-refractivity contribution in [3.63, 3.8) is 0 Å². The smallest absolute Gasteiger partial charge is 0.247 e. The predicted molar refractivity (Wildman–Crippen MR) is 99.2 cm³/mol. The fourth-order valence-corrected chi connectivity index (χ4v) is 3.14. The molecule has 1 aliphatic heterocycles. The molecule has 1 aromatic rings. The molecule has 3 N–H and O–H groups in total. The van der Waals surface area contributed by atoms with E-state index in [1.54, 1.807) is 6.92 Å². The number of carbonyl (C=O) groups excluding carboxylic acids is 1. The number of amidine groups is 1. The molecule has 6 heteroatoms. The Morgan fingerprint density at radius 1 is 1.29 bits per heavy atom. The number of carbonyl (C=O) groups is 1. The van der Waals surface area contributed by atoms with Crippen LogP contribution in [-0.2, 0) is 4.79 Å². The number of anilines is 1. The highest BCUT2D eigenvalue weighted by Gasteiger charge is 2.45. The van der Waals surface area contributed by atoms with Gasteiger partial charge in [-0.1, -0.05) is 18.2 Å². The van der Waals surface area contributed by atoms with Gasteiger partial charge in [0.25, 0.3) is 0 Å². The molecule has 3 rings (SSSR count). The van der Waals surface area contributed by atoms with Gasteiger partial charge in [-0.2, -0.15) is 5.10 Å². The molecule has 1 atom stereocenters. The highest BCUT2D eigenvalue weighted by Crippen LogP contribution is 2.53. The molecule has 1 spiro atoms. The summed E-state index contributed by atoms with van der Waals surface area (Å²) in [5.41, 5.74) is 10.2. The van der Waals surface area contributed by atoms with Crippen molar-refractivity contribution in [2.45, 2.75) is 38.6 Å². The Kier molecular flexibility index (Phi) is 4.83. The Balaban J connectivity index is 0.00000225. The molecule has 1 amide bonds. The van der Waals surface area contributed by atoms with Crippen LogP contribution in [0.3, 0.4) is 0 Å². The van der Waals surface area contributed by atoms with E-state index in [0.717, 1.165) is 31.6 Å². The van der Waals surface area contributed by atoms with Gasteiger partial charge in [0.05, 0.1) is 11.9 Å². The minimum atomic E-state index is -0.471. The van der Waals surface area contributed by atoms with Crippen molar-refractivity contribution in [3.05, 3.63) is 30.3 Å². The van der Waals surface area contributed by atoms with Crippen LogP contribution >= 0.6 is 0 Å². The second-order valence-corrected chi connectivity index (χ2v) is 6.79. The summed E-state index contributed by atoms with van der Waals surface area (Å²) in [7, 11) is 0. The monoisotopic (exact) mass is 329 g/mol. The van der Waals surface area contributed by atoms with Gasteiger partial charge in [0.2, 0.25) is 5.91 Å². The molecule has 2 aliphatic rings. The fraction of sp³-hybridized carbons (Fsp3) is 0.500. The van der Waals surface area contributed by atoms with Crippen LogP contribution in [0, 0.1) is 5.41 Å². The minimum Gasteiger partial charge on any atom is -0.383 e. The number of nitrogens with one attached hydrogen (secondary N) is 1. The van der Waals surface area contributed by atoms with Crippen LogP contribution in [0.25, 0.3) is 0 Å². The average molecular weight is 329 g/mol. The van der Waals surface area contributed by atoms with Gasteiger partial charge in [-0.3, -0.25) is 15.2 Å². The highest BCUT2D eigenvalue weighted by molar-refractivity contribution is 6.29. The average Bonchev–Trinajstić information content (AvgIpc) is 3.35. The van der Waals surface area contributed by atoms with E-state index >= 15 is 0 Å². The molecule has 1 aromatic carbocycles. The number of nitrogens with two attached hydrogens (primary N) is 1. The maximum Gasteiger partial charge on any atom is 0.247 e. The number of piperidine rings is 1. The van der Waals surface area contributed by atoms with Gasteiger partial charge in [0.15, 0.2) is 0 Å². The predicted octanol–water partition coefficient (Wildman–Crippen LogP) is 2.48. The van der Waals surface area contributed by atoms with E-state index in [2.05, 4.69) is 15.5 Å². The lowest BCUT2D eigenvalue weighted by atomic mass is 9.93. The van der Waals surface area contributed by atoms with Crippen molar-refractivity contribution in [3.8, 4) is 0 Å². The number of hydrazone groups is 1. The number of rotatable bonds is 5. The fourth-order valence-electron chi connectivity index (χ4n) is 3.14. The minimum absolute atomic E-state index is 0. The first-order valence-corrected chi connectivity index (χ1v) is 8.54. The van der Waals surface area contributed by atoms with E-state index in [9.17, 15) is 4.79 Å². The zero-order valence-electron chi connectivity index (χ0n) is 14.1. The maximum absolute atomic E-state index is 12.5. The molecule has 2 fully saturated rings. The van der Waals surface area contributed by atoms with Gasteiger partial charge < -0.3 is 10.6 Å². The van der Waals surface area contributed by atoms with E-state index in [-0.39, 0.29) is 13.2 Å². The Bertz CT molecular complexity index is 632. The lowest BCUT2D eigenvalue weighted by molar-refractivity contribution is -0.133. The number of amides is 1. The summed E-state index contributed by atoms with van der Waals surface area (Å²) in [6.07, 6.45) is 6.37. The number of hydrogen-bond donors (Lipinski definition) is 2. The number of nitrogens with zero attached hydrogens (tertiary/aromatic N) is 3. The molecule has 0 aromatic heterocycles. The molecular weight excluding hydrogens is 302 g/mol. The molecule has 24 heavy (non-hydrogen) atoms. The number of para-hydroxylation sites is 1. The van der Waals surface area contributed by atoms with Gasteiger partial charge in [-0.15, -0.1) is 0 Å². The van der Waals surface area contributed by atoms with Crippen LogP contribution in [0.15, 0.2) is 40.4 Å². The summed E-state index contributed by atoms with van der Waals surface area (Å²) in [6.45, 7) is 3.49. The lowest BCUT2D eigenvalue weighted by Crippen LogP contribution is -2.43. The number of benzene rings is 1. The van der Waals surface area contributed by atoms with Crippen molar-refractivity contribution in [1.82, 2.24) is 4.90 Å².